The number of Topliss-reactive ketones (excluding diaryl/α,β-unsaturated/α-hetero) is 2. The lowest BCUT2D eigenvalue weighted by atomic mass is 9.77. The number of hydrogen-bond donors (Lipinski definition) is 0. The van der Waals surface area contributed by atoms with Crippen molar-refractivity contribution in [2.24, 2.45) is 11.8 Å². The lowest BCUT2D eigenvalue weighted by Gasteiger charge is -2.27. The van der Waals surface area contributed by atoms with Crippen LogP contribution in [-0.2, 0) is 14.3 Å². The van der Waals surface area contributed by atoms with Gasteiger partial charge in [0.2, 0.25) is 29.0 Å². The number of fused-ring (bicyclic) bond motifs is 3. The van der Waals surface area contributed by atoms with Crippen LogP contribution in [0.5, 0.6) is 0 Å². The van der Waals surface area contributed by atoms with Gasteiger partial charge in [-0.1, -0.05) is 54.6 Å². The van der Waals surface area contributed by atoms with E-state index < -0.39 is 52.7 Å². The van der Waals surface area contributed by atoms with Crippen LogP contribution in [-0.4, -0.2) is 29.0 Å². The third-order valence-electron chi connectivity index (χ3n) is 6.73. The second kappa shape index (κ2) is 6.76. The zero-order chi connectivity index (χ0) is 22.9. The predicted octanol–water partition coefficient (Wildman–Crippen LogP) is 3.52. The molecule has 0 bridgehead atoms. The van der Waals surface area contributed by atoms with Crippen molar-refractivity contribution in [3.8, 4) is 0 Å². The minimum absolute atomic E-state index is 0.176. The smallest absolute Gasteiger partial charge is 0.241 e. The van der Waals surface area contributed by atoms with Gasteiger partial charge < -0.3 is 4.74 Å². The summed E-state index contributed by atoms with van der Waals surface area (Å²) in [5.74, 6) is -5.43. The van der Waals surface area contributed by atoms with E-state index in [9.17, 15) is 23.6 Å². The number of carbonyl (C=O) groups is 4. The SMILES string of the molecule is O=C1[C@H]2[C@@H](c3ccccc3)OC3(C(=O)c4ccccc4C3=O)[C@@H]2C(=O)N1c1ccc(F)cc1. The fraction of sp³-hybridized carbons (Fsp3) is 0.154. The maximum atomic E-state index is 13.7. The Hall–Kier alpha value is -3.97. The lowest BCUT2D eigenvalue weighted by Crippen LogP contribution is -2.51. The third kappa shape index (κ3) is 2.45. The molecule has 2 amide bonds. The van der Waals surface area contributed by atoms with Crippen LogP contribution in [0.4, 0.5) is 10.1 Å². The summed E-state index contributed by atoms with van der Waals surface area (Å²) < 4.78 is 19.7. The molecule has 1 spiro atoms. The van der Waals surface area contributed by atoms with Crippen LogP contribution in [0.15, 0.2) is 78.9 Å². The number of nitrogens with zero attached hydrogens (tertiary/aromatic N) is 1. The highest BCUT2D eigenvalue weighted by molar-refractivity contribution is 6.37. The van der Waals surface area contributed by atoms with E-state index in [1.54, 1.807) is 42.5 Å². The van der Waals surface area contributed by atoms with E-state index in [2.05, 4.69) is 0 Å². The standard InChI is InChI=1S/C26H16FNO5/c27-15-10-12-16(13-11-15)28-24(31)19-20(25(28)32)26(33-21(19)14-6-2-1-3-7-14)22(29)17-8-4-5-9-18(17)23(26)30/h1-13,19-21H/t19-,20+,21-/m1/s1. The van der Waals surface area contributed by atoms with Crippen LogP contribution in [0.3, 0.4) is 0 Å². The van der Waals surface area contributed by atoms with Gasteiger partial charge in [-0.15, -0.1) is 0 Å². The lowest BCUT2D eigenvalue weighted by molar-refractivity contribution is -0.127. The summed E-state index contributed by atoms with van der Waals surface area (Å²) in [6.45, 7) is 0. The fourth-order valence-corrected chi connectivity index (χ4v) is 5.31. The van der Waals surface area contributed by atoms with E-state index in [-0.39, 0.29) is 16.8 Å². The molecule has 6 nitrogen and oxygen atoms in total. The quantitative estimate of drug-likeness (QED) is 0.449. The van der Waals surface area contributed by atoms with Crippen molar-refractivity contribution in [2.75, 3.05) is 4.90 Å². The highest BCUT2D eigenvalue weighted by Crippen LogP contribution is 2.57. The van der Waals surface area contributed by atoms with E-state index in [0.717, 1.165) is 17.0 Å². The maximum absolute atomic E-state index is 13.7. The summed E-state index contributed by atoms with van der Waals surface area (Å²) in [6, 6.07) is 20.0. The summed E-state index contributed by atoms with van der Waals surface area (Å²) >= 11 is 0. The number of rotatable bonds is 2. The van der Waals surface area contributed by atoms with Crippen LogP contribution < -0.4 is 4.90 Å². The van der Waals surface area contributed by atoms with Gasteiger partial charge in [0.15, 0.2) is 0 Å². The Morgan fingerprint density at radius 1 is 0.727 bits per heavy atom. The molecule has 3 aromatic carbocycles. The van der Waals surface area contributed by atoms with Crippen molar-refractivity contribution in [3.63, 3.8) is 0 Å². The first kappa shape index (κ1) is 19.7. The molecule has 0 saturated carbocycles. The van der Waals surface area contributed by atoms with Crippen molar-refractivity contribution in [3.05, 3.63) is 101 Å². The zero-order valence-corrected chi connectivity index (χ0v) is 17.1. The van der Waals surface area contributed by atoms with Crippen molar-refractivity contribution >= 4 is 29.1 Å². The summed E-state index contributed by atoms with van der Waals surface area (Å²) in [7, 11) is 0. The Bertz CT molecular complexity index is 1320. The Morgan fingerprint density at radius 2 is 1.30 bits per heavy atom. The predicted molar refractivity (Wildman–Crippen MR) is 114 cm³/mol. The average molecular weight is 441 g/mol. The minimum atomic E-state index is -2.11. The second-order valence-corrected chi connectivity index (χ2v) is 8.38. The monoisotopic (exact) mass is 441 g/mol. The van der Waals surface area contributed by atoms with Crippen molar-refractivity contribution in [1.29, 1.82) is 0 Å². The number of ketones is 2. The van der Waals surface area contributed by atoms with Crippen LogP contribution in [0.25, 0.3) is 0 Å². The molecular formula is C26H16FNO5. The number of imide groups is 1. The van der Waals surface area contributed by atoms with Gasteiger partial charge in [0.25, 0.3) is 0 Å². The van der Waals surface area contributed by atoms with E-state index >= 15 is 0 Å². The van der Waals surface area contributed by atoms with Gasteiger partial charge in [0, 0.05) is 11.1 Å². The molecule has 162 valence electrons. The Morgan fingerprint density at radius 3 is 1.91 bits per heavy atom. The Balaban J connectivity index is 1.55. The normalized spacial score (nSPS) is 25.1. The molecule has 3 atom stereocenters. The molecule has 0 radical (unpaired) electrons. The first-order chi connectivity index (χ1) is 15.9. The van der Waals surface area contributed by atoms with Gasteiger partial charge in [-0.3, -0.25) is 19.2 Å². The first-order valence-corrected chi connectivity index (χ1v) is 10.5. The highest BCUT2D eigenvalue weighted by Gasteiger charge is 2.74. The number of hydrogen-bond acceptors (Lipinski definition) is 5. The Labute approximate surface area is 187 Å². The van der Waals surface area contributed by atoms with Gasteiger partial charge in [-0.25, -0.2) is 9.29 Å². The first-order valence-electron chi connectivity index (χ1n) is 10.5. The molecule has 7 heteroatoms. The molecule has 0 unspecified atom stereocenters. The van der Waals surface area contributed by atoms with Crippen LogP contribution in [0.1, 0.15) is 32.4 Å². The van der Waals surface area contributed by atoms with Gasteiger partial charge in [-0.2, -0.15) is 0 Å². The van der Waals surface area contributed by atoms with E-state index in [1.165, 1.54) is 24.3 Å². The van der Waals surface area contributed by atoms with Gasteiger partial charge >= 0.3 is 0 Å². The second-order valence-electron chi connectivity index (χ2n) is 8.38. The van der Waals surface area contributed by atoms with Crippen molar-refractivity contribution < 1.29 is 28.3 Å². The molecule has 2 heterocycles. The number of halogens is 1. The number of amides is 2. The minimum Gasteiger partial charge on any atom is -0.349 e. The van der Waals surface area contributed by atoms with Gasteiger partial charge in [-0.05, 0) is 29.8 Å². The fourth-order valence-electron chi connectivity index (χ4n) is 5.31. The zero-order valence-electron chi connectivity index (χ0n) is 17.1. The summed E-state index contributed by atoms with van der Waals surface area (Å²) in [6.07, 6.45) is -0.972. The molecule has 6 rings (SSSR count). The molecule has 2 fully saturated rings. The van der Waals surface area contributed by atoms with E-state index in [0.29, 0.717) is 5.56 Å². The summed E-state index contributed by atoms with van der Waals surface area (Å²) in [5.41, 5.74) is -0.997. The van der Waals surface area contributed by atoms with Crippen molar-refractivity contribution in [1.82, 2.24) is 0 Å². The molecule has 3 aromatic rings. The largest absolute Gasteiger partial charge is 0.349 e. The molecule has 3 aliphatic rings. The maximum Gasteiger partial charge on any atom is 0.241 e. The molecule has 1 aliphatic carbocycles. The number of ether oxygens (including phenoxy) is 1. The number of carbonyl (C=O) groups excluding carboxylic acids is 4. The molecule has 33 heavy (non-hydrogen) atoms. The van der Waals surface area contributed by atoms with Gasteiger partial charge in [0.05, 0.1) is 23.6 Å². The van der Waals surface area contributed by atoms with E-state index in [1.807, 2.05) is 0 Å². The summed E-state index contributed by atoms with van der Waals surface area (Å²) in [4.78, 5) is 55.5. The topological polar surface area (TPSA) is 80.8 Å². The average Bonchev–Trinajstić information content (AvgIpc) is 3.41. The van der Waals surface area contributed by atoms with Crippen LogP contribution in [0, 0.1) is 17.7 Å². The highest BCUT2D eigenvalue weighted by atomic mass is 19.1. The molecule has 0 N–H and O–H groups in total. The third-order valence-corrected chi connectivity index (χ3v) is 6.73. The number of benzene rings is 3. The Kier molecular flexibility index (Phi) is 4.04. The van der Waals surface area contributed by atoms with Crippen LogP contribution in [0.2, 0.25) is 0 Å². The van der Waals surface area contributed by atoms with Crippen LogP contribution >= 0.6 is 0 Å². The molecule has 0 aromatic heterocycles. The molecule has 2 aliphatic heterocycles. The van der Waals surface area contributed by atoms with E-state index in [4.69, 9.17) is 4.74 Å². The summed E-state index contributed by atoms with van der Waals surface area (Å²) in [5, 5.41) is 0. The number of anilines is 1. The molecular weight excluding hydrogens is 425 g/mol. The molecule has 2 saturated heterocycles. The van der Waals surface area contributed by atoms with Gasteiger partial charge in [0.1, 0.15) is 5.82 Å². The van der Waals surface area contributed by atoms with Crippen molar-refractivity contribution in [2.45, 2.75) is 11.7 Å².